The molecule has 4 rings (SSSR count). The van der Waals surface area contributed by atoms with Crippen LogP contribution in [0.4, 0.5) is 8.78 Å². The highest BCUT2D eigenvalue weighted by Crippen LogP contribution is 2.37. The molecule has 2 N–H and O–H groups in total. The lowest BCUT2D eigenvalue weighted by molar-refractivity contribution is -0.134. The highest BCUT2D eigenvalue weighted by Gasteiger charge is 2.36. The average Bonchev–Trinajstić information content (AvgIpc) is 3.21. The summed E-state index contributed by atoms with van der Waals surface area (Å²) in [4.78, 5) is 15.1. The summed E-state index contributed by atoms with van der Waals surface area (Å²) in [6, 6.07) is 12.1. The molecule has 152 valence electrons. The lowest BCUT2D eigenvalue weighted by Gasteiger charge is -2.33. The van der Waals surface area contributed by atoms with Crippen molar-refractivity contribution >= 4 is 11.5 Å². The van der Waals surface area contributed by atoms with E-state index in [1.165, 1.54) is 12.5 Å². The van der Waals surface area contributed by atoms with Crippen LogP contribution in [0.5, 0.6) is 0 Å². The largest absolute Gasteiger partial charge is 0.326 e. The summed E-state index contributed by atoms with van der Waals surface area (Å²) in [5.41, 5.74) is 8.15. The minimum Gasteiger partial charge on any atom is -0.326 e. The second-order valence-corrected chi connectivity index (χ2v) is 8.06. The number of hydrogen-bond donors (Lipinski definition) is 1. The highest BCUT2D eigenvalue weighted by atomic mass is 19.1. The summed E-state index contributed by atoms with van der Waals surface area (Å²) >= 11 is 0. The zero-order valence-electron chi connectivity index (χ0n) is 16.4. The van der Waals surface area contributed by atoms with Crippen LogP contribution in [0.3, 0.4) is 0 Å². The van der Waals surface area contributed by atoms with Gasteiger partial charge in [-0.3, -0.25) is 4.79 Å². The molecule has 1 aliphatic carbocycles. The highest BCUT2D eigenvalue weighted by molar-refractivity contribution is 5.87. The Kier molecular flexibility index (Phi) is 5.76. The second kappa shape index (κ2) is 8.46. The molecular weight excluding hydrogens is 370 g/mol. The average molecular weight is 396 g/mol. The number of rotatable bonds is 4. The van der Waals surface area contributed by atoms with E-state index in [4.69, 9.17) is 5.73 Å². The zero-order valence-corrected chi connectivity index (χ0v) is 16.4. The van der Waals surface area contributed by atoms with Gasteiger partial charge in [0.1, 0.15) is 11.6 Å². The second-order valence-electron chi connectivity index (χ2n) is 8.06. The summed E-state index contributed by atoms with van der Waals surface area (Å²) in [5.74, 6) is -0.922. The number of halogens is 2. The monoisotopic (exact) mass is 396 g/mol. The molecule has 1 aliphatic heterocycles. The molecular formula is C24H26F2N2O. The zero-order chi connectivity index (χ0) is 20.4. The summed E-state index contributed by atoms with van der Waals surface area (Å²) in [6.45, 7) is 0.221. The van der Waals surface area contributed by atoms with Gasteiger partial charge in [-0.05, 0) is 48.1 Å². The molecule has 0 saturated heterocycles. The third kappa shape index (κ3) is 4.10. The van der Waals surface area contributed by atoms with Crippen LogP contribution in [0.15, 0.2) is 54.6 Å². The van der Waals surface area contributed by atoms with Crippen LogP contribution in [0, 0.1) is 17.6 Å². The van der Waals surface area contributed by atoms with Crippen LogP contribution in [-0.4, -0.2) is 23.4 Å². The van der Waals surface area contributed by atoms with E-state index in [0.717, 1.165) is 43.4 Å². The van der Waals surface area contributed by atoms with Crippen LogP contribution in [0.1, 0.15) is 49.3 Å². The fourth-order valence-corrected chi connectivity index (χ4v) is 4.56. The third-order valence-corrected chi connectivity index (χ3v) is 6.18. The third-order valence-electron chi connectivity index (χ3n) is 6.18. The van der Waals surface area contributed by atoms with Crippen molar-refractivity contribution in [1.82, 2.24) is 4.90 Å². The molecule has 0 spiro atoms. The van der Waals surface area contributed by atoms with Crippen molar-refractivity contribution in [3.63, 3.8) is 0 Å². The van der Waals surface area contributed by atoms with Gasteiger partial charge >= 0.3 is 0 Å². The molecule has 2 aromatic rings. The van der Waals surface area contributed by atoms with Crippen LogP contribution in [0.25, 0.3) is 5.57 Å². The number of amides is 1. The van der Waals surface area contributed by atoms with Gasteiger partial charge in [-0.15, -0.1) is 0 Å². The fourth-order valence-electron chi connectivity index (χ4n) is 4.56. The van der Waals surface area contributed by atoms with Crippen molar-refractivity contribution in [2.75, 3.05) is 6.54 Å². The molecule has 0 radical (unpaired) electrons. The maximum absolute atomic E-state index is 14.4. The molecule has 1 amide bonds. The lowest BCUT2D eigenvalue weighted by Crippen LogP contribution is -2.48. The standard InChI is InChI=1S/C24H26F2N2O/c25-19-11-12-21(26)20(14-19)18-13-22(16-7-3-1-4-8-16)28(15-18)24(29)23(27)17-9-5-2-6-10-17/h1,3-4,7-8,11-14,17,22-23H,2,5-6,9-10,15,27H2/t22-,23-/m0/s1. The number of nitrogens with two attached hydrogens (primary N) is 1. The lowest BCUT2D eigenvalue weighted by atomic mass is 9.83. The van der Waals surface area contributed by atoms with E-state index in [1.54, 1.807) is 4.90 Å². The Balaban J connectivity index is 1.65. The van der Waals surface area contributed by atoms with Crippen molar-refractivity contribution in [2.24, 2.45) is 11.7 Å². The van der Waals surface area contributed by atoms with Gasteiger partial charge in [-0.2, -0.15) is 0 Å². The molecule has 2 aliphatic rings. The Morgan fingerprint density at radius 3 is 2.48 bits per heavy atom. The Bertz CT molecular complexity index is 906. The number of benzene rings is 2. The minimum absolute atomic E-state index is 0.117. The molecule has 1 heterocycles. The van der Waals surface area contributed by atoms with Crippen LogP contribution in [0.2, 0.25) is 0 Å². The first-order chi connectivity index (χ1) is 14.0. The number of carbonyl (C=O) groups excluding carboxylic acids is 1. The predicted octanol–water partition coefficient (Wildman–Crippen LogP) is 4.84. The molecule has 0 unspecified atom stereocenters. The van der Waals surface area contributed by atoms with E-state index in [2.05, 4.69) is 0 Å². The van der Waals surface area contributed by atoms with E-state index in [9.17, 15) is 13.6 Å². The van der Waals surface area contributed by atoms with Crippen LogP contribution in [-0.2, 0) is 4.79 Å². The van der Waals surface area contributed by atoms with Crippen molar-refractivity contribution in [2.45, 2.75) is 44.2 Å². The van der Waals surface area contributed by atoms with Crippen molar-refractivity contribution in [3.05, 3.63) is 77.4 Å². The van der Waals surface area contributed by atoms with Gasteiger partial charge in [0.2, 0.25) is 5.91 Å². The molecule has 0 bridgehead atoms. The number of carbonyl (C=O) groups is 1. The Morgan fingerprint density at radius 1 is 1.03 bits per heavy atom. The van der Waals surface area contributed by atoms with Gasteiger partial charge in [0.15, 0.2) is 0 Å². The molecule has 1 fully saturated rings. The predicted molar refractivity (Wildman–Crippen MR) is 110 cm³/mol. The van der Waals surface area contributed by atoms with E-state index >= 15 is 0 Å². The molecule has 3 nitrogen and oxygen atoms in total. The number of nitrogens with zero attached hydrogens (tertiary/aromatic N) is 1. The Morgan fingerprint density at radius 2 is 1.76 bits per heavy atom. The van der Waals surface area contributed by atoms with Crippen LogP contribution < -0.4 is 5.73 Å². The summed E-state index contributed by atoms with van der Waals surface area (Å²) < 4.78 is 28.1. The van der Waals surface area contributed by atoms with Gasteiger partial charge in [0.25, 0.3) is 0 Å². The first-order valence-corrected chi connectivity index (χ1v) is 10.3. The molecule has 2 aromatic carbocycles. The number of hydrogen-bond acceptors (Lipinski definition) is 2. The van der Waals surface area contributed by atoms with Gasteiger partial charge < -0.3 is 10.6 Å². The van der Waals surface area contributed by atoms with E-state index in [-0.39, 0.29) is 30.0 Å². The Hall–Kier alpha value is -2.53. The van der Waals surface area contributed by atoms with Gasteiger partial charge in [0, 0.05) is 12.1 Å². The SMILES string of the molecule is N[C@H](C(=O)N1CC(c2cc(F)ccc2F)=C[C@H]1c1ccccc1)C1CCCCC1. The summed E-state index contributed by atoms with van der Waals surface area (Å²) in [6.07, 6.45) is 7.19. The topological polar surface area (TPSA) is 46.3 Å². The van der Waals surface area contributed by atoms with Crippen LogP contribution >= 0.6 is 0 Å². The Labute approximate surface area is 170 Å². The van der Waals surface area contributed by atoms with E-state index in [1.807, 2.05) is 36.4 Å². The van der Waals surface area contributed by atoms with Gasteiger partial charge in [-0.25, -0.2) is 8.78 Å². The summed E-state index contributed by atoms with van der Waals surface area (Å²) in [7, 11) is 0. The van der Waals surface area contributed by atoms with Gasteiger partial charge in [0.05, 0.1) is 12.1 Å². The van der Waals surface area contributed by atoms with Crippen molar-refractivity contribution < 1.29 is 13.6 Å². The maximum Gasteiger partial charge on any atom is 0.240 e. The first kappa shape index (κ1) is 19.8. The molecule has 0 aromatic heterocycles. The van der Waals surface area contributed by atoms with E-state index < -0.39 is 17.7 Å². The smallest absolute Gasteiger partial charge is 0.240 e. The molecule has 2 atom stereocenters. The van der Waals surface area contributed by atoms with E-state index in [0.29, 0.717) is 5.57 Å². The normalized spacial score (nSPS) is 21.1. The van der Waals surface area contributed by atoms with Gasteiger partial charge in [-0.1, -0.05) is 55.7 Å². The van der Waals surface area contributed by atoms with Crippen molar-refractivity contribution in [3.8, 4) is 0 Å². The summed E-state index contributed by atoms with van der Waals surface area (Å²) in [5, 5.41) is 0. The quantitative estimate of drug-likeness (QED) is 0.804. The fraction of sp³-hybridized carbons (Fsp3) is 0.375. The molecule has 1 saturated carbocycles. The minimum atomic E-state index is -0.563. The maximum atomic E-state index is 14.4. The molecule has 29 heavy (non-hydrogen) atoms. The molecule has 5 heteroatoms. The first-order valence-electron chi connectivity index (χ1n) is 10.3. The van der Waals surface area contributed by atoms with Crippen molar-refractivity contribution in [1.29, 1.82) is 0 Å².